The van der Waals surface area contributed by atoms with Crippen molar-refractivity contribution in [2.24, 2.45) is 11.8 Å². The van der Waals surface area contributed by atoms with Crippen molar-refractivity contribution in [2.45, 2.75) is 31.8 Å². The molecule has 4 atom stereocenters. The van der Waals surface area contributed by atoms with Crippen LogP contribution in [0.25, 0.3) is 11.0 Å². The maximum absolute atomic E-state index is 12.6. The molecular formula is C18H26N6O3S. The summed E-state index contributed by atoms with van der Waals surface area (Å²) < 4.78 is 25.1. The van der Waals surface area contributed by atoms with Crippen LogP contribution in [0.3, 0.4) is 0 Å². The molecule has 1 saturated carbocycles. The second-order valence-electron chi connectivity index (χ2n) is 8.05. The fourth-order valence-electron chi connectivity index (χ4n) is 4.72. The van der Waals surface area contributed by atoms with Crippen LogP contribution in [0.1, 0.15) is 19.8 Å². The van der Waals surface area contributed by atoms with Crippen molar-refractivity contribution in [2.75, 3.05) is 31.3 Å². The molecule has 2 fully saturated rings. The smallest absolute Gasteiger partial charge is 0.240 e. The minimum absolute atomic E-state index is 0.144. The molecule has 1 amide bonds. The molecule has 2 aromatic heterocycles. The summed E-state index contributed by atoms with van der Waals surface area (Å²) in [6.45, 7) is 2.98. The van der Waals surface area contributed by atoms with Crippen LogP contribution in [0.2, 0.25) is 0 Å². The highest BCUT2D eigenvalue weighted by atomic mass is 32.2. The van der Waals surface area contributed by atoms with E-state index in [0.29, 0.717) is 31.0 Å². The number of amides is 1. The van der Waals surface area contributed by atoms with Crippen LogP contribution in [0, 0.1) is 11.8 Å². The molecular weight excluding hydrogens is 380 g/mol. The molecule has 1 aliphatic carbocycles. The Morgan fingerprint density at radius 1 is 1.32 bits per heavy atom. The topological polar surface area (TPSA) is 111 Å². The Balaban J connectivity index is 1.40. The second kappa shape index (κ2) is 7.00. The number of aromatic nitrogens is 3. The molecule has 152 valence electrons. The molecule has 9 nitrogen and oxygen atoms in total. The average Bonchev–Trinajstić information content (AvgIpc) is 3.32. The molecule has 1 aliphatic heterocycles. The molecule has 1 saturated heterocycles. The number of sulfonamides is 1. The minimum atomic E-state index is -3.40. The van der Waals surface area contributed by atoms with Gasteiger partial charge in [-0.25, -0.2) is 23.1 Å². The van der Waals surface area contributed by atoms with E-state index < -0.39 is 16.1 Å². The molecule has 0 unspecified atom stereocenters. The first-order valence-corrected chi connectivity index (χ1v) is 11.4. The molecule has 2 aliphatic rings. The van der Waals surface area contributed by atoms with E-state index >= 15 is 0 Å². The van der Waals surface area contributed by atoms with E-state index in [2.05, 4.69) is 31.6 Å². The third-order valence-electron chi connectivity index (χ3n) is 6.01. The van der Waals surface area contributed by atoms with Gasteiger partial charge in [0, 0.05) is 32.4 Å². The SMILES string of the molecule is C[C@@H](NS(C)(=O)=O)C(=O)N1C[C@H]2C[C@@H](N(C)c3ncnc4[nH]ccc34)C[C@H]2C1. The molecule has 28 heavy (non-hydrogen) atoms. The lowest BCUT2D eigenvalue weighted by atomic mass is 10.0. The zero-order valence-corrected chi connectivity index (χ0v) is 17.1. The molecule has 0 bridgehead atoms. The summed E-state index contributed by atoms with van der Waals surface area (Å²) >= 11 is 0. The number of likely N-dealkylation sites (tertiary alicyclic amines) is 1. The summed E-state index contributed by atoms with van der Waals surface area (Å²) in [5, 5.41) is 1.01. The van der Waals surface area contributed by atoms with Gasteiger partial charge >= 0.3 is 0 Å². The van der Waals surface area contributed by atoms with Crippen molar-refractivity contribution in [3.63, 3.8) is 0 Å². The van der Waals surface area contributed by atoms with Gasteiger partial charge in [-0.05, 0) is 37.7 Å². The van der Waals surface area contributed by atoms with Gasteiger partial charge in [0.2, 0.25) is 15.9 Å². The largest absolute Gasteiger partial charge is 0.356 e. The van der Waals surface area contributed by atoms with E-state index in [9.17, 15) is 13.2 Å². The van der Waals surface area contributed by atoms with Gasteiger partial charge in [-0.3, -0.25) is 4.79 Å². The number of hydrogen-bond donors (Lipinski definition) is 2. The molecule has 4 rings (SSSR count). The lowest BCUT2D eigenvalue weighted by Crippen LogP contribution is -2.46. The van der Waals surface area contributed by atoms with E-state index in [1.165, 1.54) is 0 Å². The summed E-state index contributed by atoms with van der Waals surface area (Å²) in [6.07, 6.45) is 6.51. The number of hydrogen-bond acceptors (Lipinski definition) is 6. The van der Waals surface area contributed by atoms with Gasteiger partial charge in [0.25, 0.3) is 0 Å². The average molecular weight is 407 g/mol. The Hall–Kier alpha value is -2.20. The van der Waals surface area contributed by atoms with Gasteiger partial charge in [-0.1, -0.05) is 0 Å². The number of H-pyrrole nitrogens is 1. The number of fused-ring (bicyclic) bond motifs is 2. The van der Waals surface area contributed by atoms with Crippen LogP contribution < -0.4 is 9.62 Å². The van der Waals surface area contributed by atoms with Crippen molar-refractivity contribution in [3.8, 4) is 0 Å². The van der Waals surface area contributed by atoms with Crippen molar-refractivity contribution < 1.29 is 13.2 Å². The Morgan fingerprint density at radius 3 is 2.64 bits per heavy atom. The van der Waals surface area contributed by atoms with Crippen molar-refractivity contribution in [3.05, 3.63) is 18.6 Å². The minimum Gasteiger partial charge on any atom is -0.356 e. The maximum atomic E-state index is 12.6. The second-order valence-corrected chi connectivity index (χ2v) is 9.83. The molecule has 0 spiro atoms. The Bertz CT molecular complexity index is 976. The van der Waals surface area contributed by atoms with Gasteiger partial charge in [0.15, 0.2) is 0 Å². The van der Waals surface area contributed by atoms with E-state index in [0.717, 1.165) is 35.9 Å². The molecule has 3 heterocycles. The highest BCUT2D eigenvalue weighted by Gasteiger charge is 2.44. The maximum Gasteiger partial charge on any atom is 0.240 e. The summed E-state index contributed by atoms with van der Waals surface area (Å²) in [5.74, 6) is 1.65. The Morgan fingerprint density at radius 2 is 2.00 bits per heavy atom. The van der Waals surface area contributed by atoms with Gasteiger partial charge in [-0.2, -0.15) is 0 Å². The van der Waals surface area contributed by atoms with Gasteiger partial charge in [0.1, 0.15) is 17.8 Å². The van der Waals surface area contributed by atoms with Crippen molar-refractivity contribution in [1.29, 1.82) is 0 Å². The fraction of sp³-hybridized carbons (Fsp3) is 0.611. The monoisotopic (exact) mass is 406 g/mol. The van der Waals surface area contributed by atoms with Crippen molar-refractivity contribution in [1.82, 2.24) is 24.6 Å². The molecule has 0 radical (unpaired) electrons. The summed E-state index contributed by atoms with van der Waals surface area (Å²) in [7, 11) is -1.33. The number of nitrogens with one attached hydrogen (secondary N) is 2. The lowest BCUT2D eigenvalue weighted by Gasteiger charge is -2.28. The van der Waals surface area contributed by atoms with Crippen LogP contribution in [-0.4, -0.2) is 72.7 Å². The van der Waals surface area contributed by atoms with Gasteiger partial charge < -0.3 is 14.8 Å². The first kappa shape index (κ1) is 19.1. The van der Waals surface area contributed by atoms with E-state index in [1.807, 2.05) is 17.2 Å². The zero-order valence-electron chi connectivity index (χ0n) is 16.3. The van der Waals surface area contributed by atoms with Crippen molar-refractivity contribution >= 4 is 32.8 Å². The van der Waals surface area contributed by atoms with Crippen LogP contribution in [0.4, 0.5) is 5.82 Å². The predicted molar refractivity (Wildman–Crippen MR) is 106 cm³/mol. The van der Waals surface area contributed by atoms with Gasteiger partial charge in [0.05, 0.1) is 17.7 Å². The fourth-order valence-corrected chi connectivity index (χ4v) is 5.47. The lowest BCUT2D eigenvalue weighted by molar-refractivity contribution is -0.131. The highest BCUT2D eigenvalue weighted by molar-refractivity contribution is 7.88. The summed E-state index contributed by atoms with van der Waals surface area (Å²) in [4.78, 5) is 28.5. The molecule has 2 aromatic rings. The number of rotatable bonds is 5. The molecule has 0 aromatic carbocycles. The van der Waals surface area contributed by atoms with E-state index in [1.54, 1.807) is 13.3 Å². The number of carbonyl (C=O) groups excluding carboxylic acids is 1. The van der Waals surface area contributed by atoms with Crippen LogP contribution in [0.15, 0.2) is 18.6 Å². The highest BCUT2D eigenvalue weighted by Crippen LogP contribution is 2.41. The van der Waals surface area contributed by atoms with Gasteiger partial charge in [-0.15, -0.1) is 0 Å². The number of carbonyl (C=O) groups is 1. The van der Waals surface area contributed by atoms with Crippen LogP contribution in [-0.2, 0) is 14.8 Å². The van der Waals surface area contributed by atoms with Crippen LogP contribution >= 0.6 is 0 Å². The zero-order chi connectivity index (χ0) is 20.1. The Labute approximate surface area is 164 Å². The normalized spacial score (nSPS) is 25.8. The van der Waals surface area contributed by atoms with Crippen LogP contribution in [0.5, 0.6) is 0 Å². The van der Waals surface area contributed by atoms with E-state index in [4.69, 9.17) is 0 Å². The first-order valence-electron chi connectivity index (χ1n) is 9.50. The Kier molecular flexibility index (Phi) is 4.78. The van der Waals surface area contributed by atoms with E-state index in [-0.39, 0.29) is 5.91 Å². The third kappa shape index (κ3) is 3.58. The molecule has 2 N–H and O–H groups in total. The number of anilines is 1. The summed E-state index contributed by atoms with van der Waals surface area (Å²) in [5.41, 5.74) is 0.833. The predicted octanol–water partition coefficient (Wildman–Crippen LogP) is 0.569. The standard InChI is InChI=1S/C18H26N6O3S/c1-11(22-28(3,26)27)18(25)24-8-12-6-14(7-13(12)9-24)23(2)17-15-4-5-19-16(15)20-10-21-17/h4-5,10-14,22H,6-9H2,1-3H3,(H,19,20,21)/t11-,12-,13+,14-/m1/s1. The summed E-state index contributed by atoms with van der Waals surface area (Å²) in [6, 6.07) is 1.63. The number of nitrogens with zero attached hydrogens (tertiary/aromatic N) is 4. The third-order valence-corrected chi connectivity index (χ3v) is 6.80. The molecule has 10 heteroatoms. The number of aromatic amines is 1. The quantitative estimate of drug-likeness (QED) is 0.751. The first-order chi connectivity index (χ1) is 13.2.